The van der Waals surface area contributed by atoms with Gasteiger partial charge in [-0.25, -0.2) is 0 Å². The summed E-state index contributed by atoms with van der Waals surface area (Å²) in [4.78, 5) is 44.5. The highest BCUT2D eigenvalue weighted by atomic mass is 16.5. The van der Waals surface area contributed by atoms with Crippen molar-refractivity contribution in [2.45, 2.75) is 95.4 Å². The molecule has 1 spiro atoms. The second kappa shape index (κ2) is 15.5. The third-order valence-electron chi connectivity index (χ3n) is 10.6. The smallest absolute Gasteiger partial charge is 0.248 e. The molecule has 3 aromatic rings. The van der Waals surface area contributed by atoms with Crippen molar-refractivity contribution in [1.29, 1.82) is 0 Å². The maximum absolute atomic E-state index is 13.9. The summed E-state index contributed by atoms with van der Waals surface area (Å²) in [6.45, 7) is 4.78. The highest BCUT2D eigenvalue weighted by Crippen LogP contribution is 2.36. The van der Waals surface area contributed by atoms with Crippen molar-refractivity contribution in [3.63, 3.8) is 0 Å². The highest BCUT2D eigenvalue weighted by molar-refractivity contribution is 6.00. The highest BCUT2D eigenvalue weighted by Gasteiger charge is 2.55. The topological polar surface area (TPSA) is 99.2 Å². The number of rotatable bonds is 12. The molecule has 254 valence electrons. The van der Waals surface area contributed by atoms with Crippen molar-refractivity contribution in [2.75, 3.05) is 19.6 Å². The number of piperazine rings is 1. The first-order valence-corrected chi connectivity index (χ1v) is 17.8. The third-order valence-corrected chi connectivity index (χ3v) is 10.6. The zero-order chi connectivity index (χ0) is 33.5. The number of carbonyl (C=O) groups is 3. The van der Waals surface area contributed by atoms with Crippen molar-refractivity contribution >= 4 is 17.6 Å². The Morgan fingerprint density at radius 2 is 1.54 bits per heavy atom. The first-order valence-electron chi connectivity index (χ1n) is 17.8. The molecule has 2 amide bonds. The van der Waals surface area contributed by atoms with Gasteiger partial charge in [0.05, 0.1) is 6.10 Å². The summed E-state index contributed by atoms with van der Waals surface area (Å²) < 4.78 is 6.06. The van der Waals surface area contributed by atoms with Crippen LogP contribution in [0.15, 0.2) is 78.9 Å². The Bertz CT molecular complexity index is 1530. The van der Waals surface area contributed by atoms with Gasteiger partial charge < -0.3 is 20.1 Å². The number of nitrogens with one attached hydrogen (secondary N) is 1. The second-order valence-electron chi connectivity index (χ2n) is 13.8. The van der Waals surface area contributed by atoms with E-state index in [0.717, 1.165) is 56.2 Å². The first-order chi connectivity index (χ1) is 23.4. The normalized spacial score (nSPS) is 20.8. The van der Waals surface area contributed by atoms with Gasteiger partial charge in [-0.1, -0.05) is 75.1 Å². The van der Waals surface area contributed by atoms with Crippen LogP contribution in [0.5, 0.6) is 11.5 Å². The number of likely N-dealkylation sites (tertiary alicyclic amines) is 1. The fourth-order valence-corrected chi connectivity index (χ4v) is 7.69. The molecule has 48 heavy (non-hydrogen) atoms. The van der Waals surface area contributed by atoms with Gasteiger partial charge in [-0.05, 0) is 85.5 Å². The van der Waals surface area contributed by atoms with E-state index in [9.17, 15) is 19.5 Å². The van der Waals surface area contributed by atoms with Gasteiger partial charge in [-0.2, -0.15) is 0 Å². The maximum Gasteiger partial charge on any atom is 0.248 e. The molecule has 1 aliphatic carbocycles. The van der Waals surface area contributed by atoms with Crippen LogP contribution in [-0.2, 0) is 22.6 Å². The van der Waals surface area contributed by atoms with E-state index in [2.05, 4.69) is 29.3 Å². The number of ketones is 1. The monoisotopic (exact) mass is 651 g/mol. The lowest BCUT2D eigenvalue weighted by atomic mass is 9.78. The summed E-state index contributed by atoms with van der Waals surface area (Å²) in [6, 6.07) is 24.2. The number of aliphatic hydroxyl groups excluding tert-OH is 1. The average Bonchev–Trinajstić information content (AvgIpc) is 3.12. The van der Waals surface area contributed by atoms with Gasteiger partial charge in [-0.15, -0.1) is 0 Å². The van der Waals surface area contributed by atoms with Gasteiger partial charge in [0, 0.05) is 38.2 Å². The Morgan fingerprint density at radius 3 is 2.19 bits per heavy atom. The molecule has 0 unspecified atom stereocenters. The van der Waals surface area contributed by atoms with E-state index in [1.807, 2.05) is 59.5 Å². The van der Waals surface area contributed by atoms with Crippen LogP contribution in [-0.4, -0.2) is 69.8 Å². The molecule has 2 N–H and O–H groups in total. The quantitative estimate of drug-likeness (QED) is 0.223. The summed E-state index contributed by atoms with van der Waals surface area (Å²) >= 11 is 0. The molecule has 0 bridgehead atoms. The largest absolute Gasteiger partial charge is 0.457 e. The van der Waals surface area contributed by atoms with Crippen LogP contribution in [0.1, 0.15) is 86.2 Å². The zero-order valence-electron chi connectivity index (χ0n) is 28.1. The second-order valence-corrected chi connectivity index (χ2v) is 13.8. The lowest BCUT2D eigenvalue weighted by Gasteiger charge is -2.52. The molecular weight excluding hydrogens is 602 g/mol. The minimum atomic E-state index is -0.856. The van der Waals surface area contributed by atoms with Crippen molar-refractivity contribution in [2.24, 2.45) is 5.92 Å². The molecule has 2 aliphatic heterocycles. The first kappa shape index (κ1) is 33.9. The van der Waals surface area contributed by atoms with E-state index < -0.39 is 17.7 Å². The maximum atomic E-state index is 13.9. The molecule has 2 atom stereocenters. The number of amides is 2. The van der Waals surface area contributed by atoms with Crippen LogP contribution >= 0.6 is 0 Å². The number of hydrogen-bond acceptors (Lipinski definition) is 6. The average molecular weight is 652 g/mol. The number of piperidine rings is 1. The molecule has 3 aliphatic rings. The van der Waals surface area contributed by atoms with E-state index in [1.165, 1.54) is 6.42 Å². The minimum Gasteiger partial charge on any atom is -0.457 e. The summed E-state index contributed by atoms with van der Waals surface area (Å²) in [5, 5.41) is 14.2. The van der Waals surface area contributed by atoms with E-state index in [0.29, 0.717) is 56.0 Å². The zero-order valence-corrected chi connectivity index (χ0v) is 28.1. The molecule has 2 saturated heterocycles. The predicted octanol–water partition coefficient (Wildman–Crippen LogP) is 6.31. The van der Waals surface area contributed by atoms with Gasteiger partial charge in [0.2, 0.25) is 11.8 Å². The Kier molecular flexibility index (Phi) is 10.9. The van der Waals surface area contributed by atoms with Crippen LogP contribution in [0.3, 0.4) is 0 Å². The Balaban J connectivity index is 1.03. The number of Topliss-reactive ketones (excluding diaryl/α,β-unsaturated/α-hetero) is 1. The van der Waals surface area contributed by atoms with Crippen molar-refractivity contribution in [3.8, 4) is 11.5 Å². The molecule has 8 heteroatoms. The standard InChI is InChI=1S/C40H49N3O5/c1-2-3-24-43-38(46)36(37(45)32-12-8-5-9-13-32)41-39(47)40(43)22-25-42(26-23-40)28-30-14-18-33(19-15-30)48-34-20-16-31(17-21-34)35(44)27-29-10-6-4-7-11-29/h4,6-7,10-11,14-21,32,36-37,45H,2-3,5,8-9,12-13,22-28H2,1H3,(H,41,47)/t36-,37+/m0/s1. The van der Waals surface area contributed by atoms with Crippen LogP contribution < -0.4 is 10.1 Å². The number of aliphatic hydroxyl groups is 1. The minimum absolute atomic E-state index is 0.0649. The van der Waals surface area contributed by atoms with E-state index in [4.69, 9.17) is 4.74 Å². The predicted molar refractivity (Wildman–Crippen MR) is 186 cm³/mol. The molecule has 0 radical (unpaired) electrons. The van der Waals surface area contributed by atoms with Gasteiger partial charge in [0.25, 0.3) is 0 Å². The fraction of sp³-hybridized carbons (Fsp3) is 0.475. The Morgan fingerprint density at radius 1 is 0.896 bits per heavy atom. The van der Waals surface area contributed by atoms with E-state index >= 15 is 0 Å². The van der Waals surface area contributed by atoms with Crippen molar-refractivity contribution in [3.05, 3.63) is 95.6 Å². The Hall–Kier alpha value is -4.01. The lowest BCUT2D eigenvalue weighted by Crippen LogP contribution is -2.75. The van der Waals surface area contributed by atoms with Crippen LogP contribution in [0, 0.1) is 5.92 Å². The van der Waals surface area contributed by atoms with E-state index in [-0.39, 0.29) is 23.5 Å². The molecule has 1 saturated carbocycles. The Labute approximate surface area is 284 Å². The summed E-state index contributed by atoms with van der Waals surface area (Å²) in [7, 11) is 0. The molecule has 2 heterocycles. The lowest BCUT2D eigenvalue weighted by molar-refractivity contribution is -0.166. The fourth-order valence-electron chi connectivity index (χ4n) is 7.69. The van der Waals surface area contributed by atoms with Gasteiger partial charge in [0.1, 0.15) is 23.1 Å². The van der Waals surface area contributed by atoms with Crippen LogP contribution in [0.4, 0.5) is 0 Å². The van der Waals surface area contributed by atoms with E-state index in [1.54, 1.807) is 12.1 Å². The number of hydrogen-bond donors (Lipinski definition) is 2. The summed E-state index contributed by atoms with van der Waals surface area (Å²) in [5.74, 6) is 1.31. The number of ether oxygens (including phenoxy) is 1. The van der Waals surface area contributed by atoms with Crippen molar-refractivity contribution < 1.29 is 24.2 Å². The molecular formula is C40H49N3O5. The molecule has 6 rings (SSSR count). The summed E-state index contributed by atoms with van der Waals surface area (Å²) in [5.41, 5.74) is 1.94. The number of benzene rings is 3. The van der Waals surface area contributed by atoms with Crippen LogP contribution in [0.2, 0.25) is 0 Å². The van der Waals surface area contributed by atoms with Gasteiger partial charge in [-0.3, -0.25) is 19.3 Å². The molecule has 3 fully saturated rings. The van der Waals surface area contributed by atoms with Gasteiger partial charge >= 0.3 is 0 Å². The van der Waals surface area contributed by atoms with Crippen LogP contribution in [0.25, 0.3) is 0 Å². The van der Waals surface area contributed by atoms with Gasteiger partial charge in [0.15, 0.2) is 5.78 Å². The molecule has 8 nitrogen and oxygen atoms in total. The summed E-state index contributed by atoms with van der Waals surface area (Å²) in [6.07, 6.45) is 7.58. The number of carbonyl (C=O) groups excluding carboxylic acids is 3. The number of unbranched alkanes of at least 4 members (excludes halogenated alkanes) is 1. The SMILES string of the molecule is CCCCN1C(=O)[C@H]([C@H](O)C2CCCCC2)NC(=O)C12CCN(Cc1ccc(Oc3ccc(C(=O)Cc4ccccc4)cc3)cc1)CC2. The third kappa shape index (κ3) is 7.66. The molecule has 3 aromatic carbocycles. The number of nitrogens with zero attached hydrogens (tertiary/aromatic N) is 2. The van der Waals surface area contributed by atoms with Crippen molar-refractivity contribution in [1.82, 2.24) is 15.1 Å². The molecule has 0 aromatic heterocycles.